The molecular weight excluding hydrogens is 903 g/mol. The topological polar surface area (TPSA) is 69.6 Å². The van der Waals surface area contributed by atoms with Crippen molar-refractivity contribution < 1.29 is 15.0 Å². The highest BCUT2D eigenvalue weighted by Gasteiger charge is 2.18. The predicted octanol–water partition coefficient (Wildman–Crippen LogP) is 21.8. The van der Waals surface area contributed by atoms with E-state index in [1.165, 1.54) is 212 Å². The zero-order valence-corrected chi connectivity index (χ0v) is 49.1. The van der Waals surface area contributed by atoms with Crippen molar-refractivity contribution in [3.05, 3.63) is 109 Å². The molecule has 2 unspecified atom stereocenters. The number of unbranched alkanes of at least 4 members (excludes halogenated alkanes) is 35. The molecule has 0 aliphatic heterocycles. The molecule has 0 saturated heterocycles. The maximum absolute atomic E-state index is 12.5. The third-order valence-corrected chi connectivity index (χ3v) is 14.3. The van der Waals surface area contributed by atoms with Crippen molar-refractivity contribution in [3.63, 3.8) is 0 Å². The van der Waals surface area contributed by atoms with Gasteiger partial charge < -0.3 is 15.5 Å². The van der Waals surface area contributed by atoms with Crippen molar-refractivity contribution in [1.82, 2.24) is 5.32 Å². The molecule has 0 aromatic rings. The van der Waals surface area contributed by atoms with Gasteiger partial charge in [-0.25, -0.2) is 0 Å². The number of hydrogen-bond donors (Lipinski definition) is 3. The highest BCUT2D eigenvalue weighted by molar-refractivity contribution is 5.76. The molecule has 0 fully saturated rings. The van der Waals surface area contributed by atoms with Gasteiger partial charge in [-0.3, -0.25) is 4.79 Å². The monoisotopic (exact) mass is 1030 g/mol. The summed E-state index contributed by atoms with van der Waals surface area (Å²) in [6.07, 6.45) is 97.0. The van der Waals surface area contributed by atoms with Gasteiger partial charge in [-0.1, -0.05) is 329 Å². The van der Waals surface area contributed by atoms with Crippen LogP contribution in [0.2, 0.25) is 0 Å². The Hall–Kier alpha value is -2.95. The number of aliphatic hydroxyl groups is 2. The molecule has 4 heteroatoms. The fourth-order valence-corrected chi connectivity index (χ4v) is 9.43. The minimum absolute atomic E-state index is 0.0696. The lowest BCUT2D eigenvalue weighted by Gasteiger charge is -2.20. The van der Waals surface area contributed by atoms with Crippen molar-refractivity contribution in [1.29, 1.82) is 0 Å². The average Bonchev–Trinajstić information content (AvgIpc) is 3.40. The average molecular weight is 1030 g/mol. The zero-order chi connectivity index (χ0) is 53.4. The van der Waals surface area contributed by atoms with E-state index in [4.69, 9.17) is 0 Å². The van der Waals surface area contributed by atoms with E-state index >= 15 is 0 Å². The molecule has 0 aromatic carbocycles. The Balaban J connectivity index is 3.55. The standard InChI is InChI=1S/C70H123NO3/c1-3-5-7-9-11-13-15-17-19-21-23-25-27-29-31-32-33-34-35-36-37-38-40-42-44-46-48-50-52-54-56-58-60-62-64-66-70(74)71-68(67-72)69(73)65-63-61-59-57-55-53-51-49-47-45-43-41-39-30-28-26-24-22-20-18-16-14-12-10-8-6-4-2/h5,7,11,13,17,19,23,25,29,31,33-34,36-37,40,42,63,65,68-69,72-73H,3-4,6,8-10,12,14-16,18,20-22,24,26-28,30,32,35,38-39,41,43-62,64,66-67H2,1-2H3,(H,71,74)/b7-5-,13-11-,19-17-,25-23-,31-29-,34-33-,37-36-,42-40-,65-63+. The summed E-state index contributed by atoms with van der Waals surface area (Å²) in [6, 6.07) is -0.633. The summed E-state index contributed by atoms with van der Waals surface area (Å²) in [4.78, 5) is 12.5. The Morgan fingerprint density at radius 1 is 0.338 bits per heavy atom. The van der Waals surface area contributed by atoms with Crippen LogP contribution < -0.4 is 5.32 Å². The molecule has 0 aromatic heterocycles. The molecule has 0 saturated carbocycles. The summed E-state index contributed by atoms with van der Waals surface area (Å²) in [5.41, 5.74) is 0. The summed E-state index contributed by atoms with van der Waals surface area (Å²) in [7, 11) is 0. The number of nitrogens with one attached hydrogen (secondary N) is 1. The van der Waals surface area contributed by atoms with Crippen LogP contribution >= 0.6 is 0 Å². The lowest BCUT2D eigenvalue weighted by molar-refractivity contribution is -0.123. The van der Waals surface area contributed by atoms with Gasteiger partial charge in [-0.15, -0.1) is 0 Å². The first kappa shape index (κ1) is 71.0. The van der Waals surface area contributed by atoms with Crippen LogP contribution in [0.3, 0.4) is 0 Å². The second-order valence-electron chi connectivity index (χ2n) is 21.5. The number of rotatable bonds is 58. The molecule has 0 spiro atoms. The van der Waals surface area contributed by atoms with Gasteiger partial charge >= 0.3 is 0 Å². The van der Waals surface area contributed by atoms with Crippen LogP contribution in [0.25, 0.3) is 0 Å². The first-order valence-corrected chi connectivity index (χ1v) is 32.1. The van der Waals surface area contributed by atoms with Crippen LogP contribution in [0.5, 0.6) is 0 Å². The SMILES string of the molecule is CC/C=C\C/C=C\C/C=C\C/C=C\C/C=C\C/C=C\C/C=C\C/C=C\CCCCCCCCCCCCC(=O)NC(CO)C(O)/C=C/CCCCCCCCCCCCCCCCCCCCCCCCCCC. The largest absolute Gasteiger partial charge is 0.394 e. The van der Waals surface area contributed by atoms with Gasteiger partial charge in [0.25, 0.3) is 0 Å². The van der Waals surface area contributed by atoms with Crippen LogP contribution in [0.4, 0.5) is 0 Å². The van der Waals surface area contributed by atoms with Crippen molar-refractivity contribution in [3.8, 4) is 0 Å². The van der Waals surface area contributed by atoms with E-state index < -0.39 is 12.1 Å². The maximum Gasteiger partial charge on any atom is 0.220 e. The fourth-order valence-electron chi connectivity index (χ4n) is 9.43. The number of carbonyl (C=O) groups is 1. The number of amides is 1. The molecule has 3 N–H and O–H groups in total. The molecule has 0 bridgehead atoms. The van der Waals surface area contributed by atoms with Gasteiger partial charge in [-0.2, -0.15) is 0 Å². The van der Waals surface area contributed by atoms with E-state index in [0.717, 1.165) is 77.0 Å². The van der Waals surface area contributed by atoms with Crippen LogP contribution in [0, 0.1) is 0 Å². The number of hydrogen-bond acceptors (Lipinski definition) is 3. The molecule has 0 aliphatic rings. The highest BCUT2D eigenvalue weighted by atomic mass is 16.3. The van der Waals surface area contributed by atoms with Gasteiger partial charge in [-0.05, 0) is 83.5 Å². The molecule has 2 atom stereocenters. The zero-order valence-electron chi connectivity index (χ0n) is 49.1. The summed E-state index contributed by atoms with van der Waals surface area (Å²) < 4.78 is 0. The summed E-state index contributed by atoms with van der Waals surface area (Å²) in [5.74, 6) is -0.0696. The van der Waals surface area contributed by atoms with E-state index in [-0.39, 0.29) is 12.5 Å². The second-order valence-corrected chi connectivity index (χ2v) is 21.5. The Morgan fingerprint density at radius 3 is 0.892 bits per heavy atom. The van der Waals surface area contributed by atoms with Gasteiger partial charge in [0.1, 0.15) is 0 Å². The lowest BCUT2D eigenvalue weighted by Crippen LogP contribution is -2.45. The molecule has 1 amide bonds. The lowest BCUT2D eigenvalue weighted by atomic mass is 10.0. The van der Waals surface area contributed by atoms with Gasteiger partial charge in [0, 0.05) is 6.42 Å². The maximum atomic E-state index is 12.5. The smallest absolute Gasteiger partial charge is 0.220 e. The fraction of sp³-hybridized carbons (Fsp3) is 0.729. The molecule has 74 heavy (non-hydrogen) atoms. The predicted molar refractivity (Wildman–Crippen MR) is 331 cm³/mol. The van der Waals surface area contributed by atoms with Crippen LogP contribution in [0.1, 0.15) is 309 Å². The first-order chi connectivity index (χ1) is 36.7. The van der Waals surface area contributed by atoms with Crippen LogP contribution in [-0.2, 0) is 4.79 Å². The van der Waals surface area contributed by atoms with Gasteiger partial charge in [0.05, 0.1) is 18.8 Å². The second kappa shape index (κ2) is 64.3. The Labute approximate surface area is 461 Å². The quantitative estimate of drug-likeness (QED) is 0.0420. The molecule has 0 heterocycles. The molecular formula is C70H123NO3. The third kappa shape index (κ3) is 59.9. The van der Waals surface area contributed by atoms with Crippen LogP contribution in [-0.4, -0.2) is 34.9 Å². The van der Waals surface area contributed by atoms with E-state index in [0.29, 0.717) is 6.42 Å². The minimum atomic E-state index is -0.849. The van der Waals surface area contributed by atoms with E-state index in [1.54, 1.807) is 6.08 Å². The van der Waals surface area contributed by atoms with Crippen molar-refractivity contribution in [2.24, 2.45) is 0 Å². The van der Waals surface area contributed by atoms with E-state index in [1.807, 2.05) is 6.08 Å². The Bertz CT molecular complexity index is 1400. The van der Waals surface area contributed by atoms with Gasteiger partial charge in [0.2, 0.25) is 5.91 Å². The van der Waals surface area contributed by atoms with Crippen LogP contribution in [0.15, 0.2) is 109 Å². The van der Waals surface area contributed by atoms with Crippen molar-refractivity contribution >= 4 is 5.91 Å². The summed E-state index contributed by atoms with van der Waals surface area (Å²) >= 11 is 0. The number of aliphatic hydroxyl groups excluding tert-OH is 2. The Morgan fingerprint density at radius 2 is 0.595 bits per heavy atom. The number of carbonyl (C=O) groups excluding carboxylic acids is 1. The summed E-state index contributed by atoms with van der Waals surface area (Å²) in [5, 5.41) is 23.3. The summed E-state index contributed by atoms with van der Waals surface area (Å²) in [6.45, 7) is 4.21. The minimum Gasteiger partial charge on any atom is -0.394 e. The molecule has 4 nitrogen and oxygen atoms in total. The van der Waals surface area contributed by atoms with E-state index in [9.17, 15) is 15.0 Å². The highest BCUT2D eigenvalue weighted by Crippen LogP contribution is 2.17. The van der Waals surface area contributed by atoms with Crippen molar-refractivity contribution in [2.75, 3.05) is 6.61 Å². The third-order valence-electron chi connectivity index (χ3n) is 14.3. The molecule has 0 aliphatic carbocycles. The molecule has 0 rings (SSSR count). The molecule has 0 radical (unpaired) electrons. The first-order valence-electron chi connectivity index (χ1n) is 32.1. The normalized spacial score (nSPS) is 13.5. The van der Waals surface area contributed by atoms with E-state index in [2.05, 4.69) is 116 Å². The van der Waals surface area contributed by atoms with Gasteiger partial charge in [0.15, 0.2) is 0 Å². The number of allylic oxidation sites excluding steroid dienone is 17. The van der Waals surface area contributed by atoms with Crippen molar-refractivity contribution in [2.45, 2.75) is 321 Å². The molecule has 426 valence electrons. The Kier molecular flexibility index (Phi) is 61.8.